The fourth-order valence-electron chi connectivity index (χ4n) is 2.74. The first-order valence-corrected chi connectivity index (χ1v) is 9.78. The van der Waals surface area contributed by atoms with Crippen LogP contribution in [0.1, 0.15) is 60.5 Å². The fourth-order valence-corrected chi connectivity index (χ4v) is 2.74. The van der Waals surface area contributed by atoms with Crippen LogP contribution in [0.4, 0.5) is 4.79 Å². The Morgan fingerprint density at radius 1 is 1.07 bits per heavy atom. The lowest BCUT2D eigenvalue weighted by Gasteiger charge is -2.29. The van der Waals surface area contributed by atoms with E-state index in [-0.39, 0.29) is 17.7 Å². The maximum absolute atomic E-state index is 13.0. The second kappa shape index (κ2) is 10.5. The summed E-state index contributed by atoms with van der Waals surface area (Å²) < 4.78 is 5.33. The van der Waals surface area contributed by atoms with Crippen LogP contribution in [0, 0.1) is 5.92 Å². The highest BCUT2D eigenvalue weighted by Gasteiger charge is 2.27. The number of benzene rings is 1. The summed E-state index contributed by atoms with van der Waals surface area (Å²) in [6.45, 7) is 14.7. The quantitative estimate of drug-likeness (QED) is 0.694. The molecule has 1 aromatic rings. The Labute approximate surface area is 164 Å². The first-order valence-electron chi connectivity index (χ1n) is 9.78. The molecule has 0 bridgehead atoms. The first kappa shape index (κ1) is 23.2. The van der Waals surface area contributed by atoms with Crippen LogP contribution in [0.25, 0.3) is 0 Å². The number of rotatable bonds is 9. The van der Waals surface area contributed by atoms with Crippen LogP contribution < -0.4 is 5.32 Å². The molecule has 0 radical (unpaired) electrons. The molecule has 152 valence electrons. The van der Waals surface area contributed by atoms with Crippen molar-refractivity contribution >= 4 is 11.9 Å². The summed E-state index contributed by atoms with van der Waals surface area (Å²) in [7, 11) is 0. The zero-order valence-electron chi connectivity index (χ0n) is 17.9. The van der Waals surface area contributed by atoms with E-state index in [1.807, 2.05) is 52.8 Å². The Morgan fingerprint density at radius 3 is 2.15 bits per heavy atom. The molecule has 1 rings (SSSR count). The lowest BCUT2D eigenvalue weighted by atomic mass is 9.99. The number of carbonyl (C=O) groups excluding carboxylic acids is 2. The van der Waals surface area contributed by atoms with E-state index in [0.29, 0.717) is 19.5 Å². The van der Waals surface area contributed by atoms with Gasteiger partial charge in [-0.25, -0.2) is 4.79 Å². The Morgan fingerprint density at radius 2 is 1.67 bits per heavy atom. The molecule has 0 aliphatic rings. The Kier molecular flexibility index (Phi) is 8.97. The van der Waals surface area contributed by atoms with Gasteiger partial charge in [-0.15, -0.1) is 0 Å². The molecule has 1 atom stereocenters. The van der Waals surface area contributed by atoms with Crippen molar-refractivity contribution in [2.24, 2.45) is 5.92 Å². The molecule has 0 aromatic heterocycles. The SMILES string of the molecule is CC(C)CC(NC(=O)OC(C)(C)C)C(=O)CN(Cc1ccccc1)C(C)C. The van der Waals surface area contributed by atoms with Crippen molar-refractivity contribution in [3.05, 3.63) is 35.9 Å². The van der Waals surface area contributed by atoms with Crippen molar-refractivity contribution in [2.45, 2.75) is 79.1 Å². The van der Waals surface area contributed by atoms with Gasteiger partial charge in [-0.1, -0.05) is 44.2 Å². The van der Waals surface area contributed by atoms with E-state index in [1.54, 1.807) is 0 Å². The van der Waals surface area contributed by atoms with E-state index in [1.165, 1.54) is 5.56 Å². The van der Waals surface area contributed by atoms with Gasteiger partial charge in [0.25, 0.3) is 0 Å². The molecule has 27 heavy (non-hydrogen) atoms. The molecule has 0 saturated heterocycles. The highest BCUT2D eigenvalue weighted by molar-refractivity contribution is 5.89. The van der Waals surface area contributed by atoms with Gasteiger partial charge in [-0.2, -0.15) is 0 Å². The standard InChI is InChI=1S/C22H36N2O3/c1-16(2)13-19(23-21(26)27-22(5,6)7)20(25)15-24(17(3)4)14-18-11-9-8-10-12-18/h8-12,16-17,19H,13-15H2,1-7H3,(H,23,26). The summed E-state index contributed by atoms with van der Waals surface area (Å²) in [5.74, 6) is 0.301. The number of carbonyl (C=O) groups is 2. The number of hydrogen-bond acceptors (Lipinski definition) is 4. The van der Waals surface area contributed by atoms with Gasteiger partial charge in [-0.05, 0) is 52.5 Å². The maximum atomic E-state index is 13.0. The minimum absolute atomic E-state index is 0.0131. The van der Waals surface area contributed by atoms with Crippen molar-refractivity contribution in [2.75, 3.05) is 6.54 Å². The lowest BCUT2D eigenvalue weighted by Crippen LogP contribution is -2.48. The largest absolute Gasteiger partial charge is 0.444 e. The van der Waals surface area contributed by atoms with Crippen LogP contribution in [0.5, 0.6) is 0 Å². The number of nitrogens with one attached hydrogen (secondary N) is 1. The zero-order valence-corrected chi connectivity index (χ0v) is 17.9. The summed E-state index contributed by atoms with van der Waals surface area (Å²) in [5, 5.41) is 2.78. The molecule has 1 unspecified atom stereocenters. The molecule has 5 heteroatoms. The number of ether oxygens (including phenoxy) is 1. The number of ketones is 1. The molecule has 0 spiro atoms. The first-order chi connectivity index (χ1) is 12.5. The minimum atomic E-state index is -0.590. The van der Waals surface area contributed by atoms with Crippen molar-refractivity contribution < 1.29 is 14.3 Å². The molecule has 1 amide bonds. The van der Waals surface area contributed by atoms with E-state index >= 15 is 0 Å². The van der Waals surface area contributed by atoms with E-state index in [9.17, 15) is 9.59 Å². The zero-order chi connectivity index (χ0) is 20.6. The summed E-state index contributed by atoms with van der Waals surface area (Å²) >= 11 is 0. The highest BCUT2D eigenvalue weighted by atomic mass is 16.6. The van der Waals surface area contributed by atoms with Crippen LogP contribution >= 0.6 is 0 Å². The predicted octanol–water partition coefficient (Wildman–Crippen LogP) is 4.41. The van der Waals surface area contributed by atoms with E-state index in [0.717, 1.165) is 0 Å². The van der Waals surface area contributed by atoms with Gasteiger partial charge >= 0.3 is 6.09 Å². The molecule has 0 saturated carbocycles. The van der Waals surface area contributed by atoms with Crippen LogP contribution in [-0.2, 0) is 16.1 Å². The van der Waals surface area contributed by atoms with Gasteiger partial charge in [0.05, 0.1) is 12.6 Å². The number of hydrogen-bond donors (Lipinski definition) is 1. The average Bonchev–Trinajstić information content (AvgIpc) is 2.52. The molecule has 0 aliphatic carbocycles. The van der Waals surface area contributed by atoms with Crippen LogP contribution in [0.3, 0.4) is 0 Å². The van der Waals surface area contributed by atoms with Gasteiger partial charge < -0.3 is 10.1 Å². The number of nitrogens with zero attached hydrogens (tertiary/aromatic N) is 1. The molecule has 0 fully saturated rings. The third-order valence-corrected chi connectivity index (χ3v) is 4.10. The molecule has 5 nitrogen and oxygen atoms in total. The van der Waals surface area contributed by atoms with Crippen molar-refractivity contribution in [3.63, 3.8) is 0 Å². The third kappa shape index (κ3) is 9.57. The molecule has 0 heterocycles. The maximum Gasteiger partial charge on any atom is 0.408 e. The Balaban J connectivity index is 2.81. The molecular weight excluding hydrogens is 340 g/mol. The molecule has 1 N–H and O–H groups in total. The smallest absolute Gasteiger partial charge is 0.408 e. The fraction of sp³-hybridized carbons (Fsp3) is 0.636. The normalized spacial score (nSPS) is 13.1. The monoisotopic (exact) mass is 376 g/mol. The summed E-state index contributed by atoms with van der Waals surface area (Å²) in [6.07, 6.45) is 0.0515. The number of amides is 1. The van der Waals surface area contributed by atoms with E-state index < -0.39 is 17.7 Å². The highest BCUT2D eigenvalue weighted by Crippen LogP contribution is 2.13. The van der Waals surface area contributed by atoms with Crippen molar-refractivity contribution in [3.8, 4) is 0 Å². The second-order valence-corrected chi connectivity index (χ2v) is 8.78. The van der Waals surface area contributed by atoms with Gasteiger partial charge in [0.15, 0.2) is 5.78 Å². The van der Waals surface area contributed by atoms with Crippen molar-refractivity contribution in [1.82, 2.24) is 10.2 Å². The minimum Gasteiger partial charge on any atom is -0.444 e. The van der Waals surface area contributed by atoms with Crippen molar-refractivity contribution in [1.29, 1.82) is 0 Å². The lowest BCUT2D eigenvalue weighted by molar-refractivity contribution is -0.123. The second-order valence-electron chi connectivity index (χ2n) is 8.78. The third-order valence-electron chi connectivity index (χ3n) is 4.10. The van der Waals surface area contributed by atoms with Gasteiger partial charge in [0.2, 0.25) is 0 Å². The summed E-state index contributed by atoms with van der Waals surface area (Å²) in [6, 6.07) is 9.78. The van der Waals surface area contributed by atoms with E-state index in [4.69, 9.17) is 4.74 Å². The molecule has 0 aliphatic heterocycles. The number of Topliss-reactive ketones (excluding diaryl/α,β-unsaturated/α-hetero) is 1. The average molecular weight is 377 g/mol. The van der Waals surface area contributed by atoms with Gasteiger partial charge in [-0.3, -0.25) is 9.69 Å². The predicted molar refractivity (Wildman–Crippen MR) is 110 cm³/mol. The van der Waals surface area contributed by atoms with Gasteiger partial charge in [0, 0.05) is 12.6 Å². The topological polar surface area (TPSA) is 58.6 Å². The summed E-state index contributed by atoms with van der Waals surface area (Å²) in [5.41, 5.74) is 0.576. The van der Waals surface area contributed by atoms with E-state index in [2.05, 4.69) is 36.2 Å². The van der Waals surface area contributed by atoms with Crippen LogP contribution in [0.15, 0.2) is 30.3 Å². The summed E-state index contributed by atoms with van der Waals surface area (Å²) in [4.78, 5) is 27.3. The molecule has 1 aromatic carbocycles. The Bertz CT molecular complexity index is 591. The van der Waals surface area contributed by atoms with Crippen LogP contribution in [0.2, 0.25) is 0 Å². The van der Waals surface area contributed by atoms with Crippen LogP contribution in [-0.4, -0.2) is 41.0 Å². The van der Waals surface area contributed by atoms with Gasteiger partial charge in [0.1, 0.15) is 5.60 Å². The Hall–Kier alpha value is -1.88. The number of alkyl carbamates (subject to hydrolysis) is 1. The molecular formula is C22H36N2O3.